The van der Waals surface area contributed by atoms with Crippen molar-refractivity contribution in [2.24, 2.45) is 0 Å². The minimum atomic E-state index is -4.66. The van der Waals surface area contributed by atoms with Crippen molar-refractivity contribution in [2.45, 2.75) is 12.2 Å². The second-order valence-electron chi connectivity index (χ2n) is 8.50. The van der Waals surface area contributed by atoms with Crippen LogP contribution >= 0.6 is 0 Å². The number of nitrogens with two attached hydrogens (primary N) is 1. The Morgan fingerprint density at radius 2 is 1.67 bits per heavy atom. The normalized spacial score (nSPS) is 18.9. The van der Waals surface area contributed by atoms with Crippen LogP contribution in [0.3, 0.4) is 0 Å². The molecule has 0 bridgehead atoms. The Morgan fingerprint density at radius 1 is 0.944 bits per heavy atom. The van der Waals surface area contributed by atoms with Gasteiger partial charge in [0.15, 0.2) is 0 Å². The van der Waals surface area contributed by atoms with Crippen LogP contribution in [0.5, 0.6) is 0 Å². The molecule has 1 unspecified atom stereocenters. The summed E-state index contributed by atoms with van der Waals surface area (Å²) in [6.07, 6.45) is -3.57. The van der Waals surface area contributed by atoms with Gasteiger partial charge in [0.25, 0.3) is 0 Å². The average molecular weight is 504 g/mol. The third-order valence-corrected chi connectivity index (χ3v) is 6.18. The van der Waals surface area contributed by atoms with E-state index in [0.29, 0.717) is 57.8 Å². The van der Waals surface area contributed by atoms with Crippen molar-refractivity contribution in [1.82, 2.24) is 15.0 Å². The Bertz CT molecular complexity index is 1220. The number of morpholine rings is 2. The van der Waals surface area contributed by atoms with Crippen LogP contribution in [-0.4, -0.2) is 61.0 Å². The molecule has 2 N–H and O–H groups in total. The van der Waals surface area contributed by atoms with Gasteiger partial charge in [0.05, 0.1) is 43.7 Å². The van der Waals surface area contributed by atoms with Crippen molar-refractivity contribution >= 4 is 17.6 Å². The minimum Gasteiger partial charge on any atom is -0.384 e. The first-order chi connectivity index (χ1) is 17.3. The number of anilines is 3. The molecule has 2 saturated heterocycles. The number of nitrogen functional groups attached to an aromatic ring is 1. The van der Waals surface area contributed by atoms with E-state index in [-0.39, 0.29) is 28.9 Å². The fraction of sp³-hybridized carbons (Fsp3) is 0.375. The zero-order valence-corrected chi connectivity index (χ0v) is 19.2. The van der Waals surface area contributed by atoms with Crippen molar-refractivity contribution < 1.29 is 27.0 Å². The highest BCUT2D eigenvalue weighted by molar-refractivity contribution is 5.69. The number of aromatic nitrogens is 3. The second kappa shape index (κ2) is 9.86. The van der Waals surface area contributed by atoms with Crippen LogP contribution in [0.25, 0.3) is 11.3 Å². The monoisotopic (exact) mass is 504 g/mol. The Morgan fingerprint density at radius 3 is 2.39 bits per heavy atom. The molecule has 1 atom stereocenters. The molecule has 0 amide bonds. The first-order valence-corrected chi connectivity index (χ1v) is 11.4. The van der Waals surface area contributed by atoms with E-state index in [1.54, 1.807) is 12.1 Å². The van der Waals surface area contributed by atoms with Crippen LogP contribution in [0.1, 0.15) is 17.2 Å². The predicted molar refractivity (Wildman–Crippen MR) is 125 cm³/mol. The molecular weight excluding hydrogens is 480 g/mol. The lowest BCUT2D eigenvalue weighted by atomic mass is 10.0. The fourth-order valence-electron chi connectivity index (χ4n) is 4.36. The maximum Gasteiger partial charge on any atom is 0.417 e. The Balaban J connectivity index is 1.63. The van der Waals surface area contributed by atoms with Crippen LogP contribution in [-0.2, 0) is 15.7 Å². The largest absolute Gasteiger partial charge is 0.417 e. The molecule has 2 aromatic heterocycles. The van der Waals surface area contributed by atoms with Gasteiger partial charge in [0.1, 0.15) is 17.5 Å². The third kappa shape index (κ3) is 5.05. The van der Waals surface area contributed by atoms with E-state index < -0.39 is 11.7 Å². The summed E-state index contributed by atoms with van der Waals surface area (Å²) in [5.74, 6) is 0.124. The van der Waals surface area contributed by atoms with Gasteiger partial charge in [-0.25, -0.2) is 14.4 Å². The van der Waals surface area contributed by atoms with Gasteiger partial charge < -0.3 is 25.0 Å². The van der Waals surface area contributed by atoms with E-state index >= 15 is 0 Å². The van der Waals surface area contributed by atoms with Gasteiger partial charge in [-0.1, -0.05) is 12.1 Å². The second-order valence-corrected chi connectivity index (χ2v) is 8.50. The van der Waals surface area contributed by atoms with Crippen LogP contribution in [0.2, 0.25) is 0 Å². The number of pyridine rings is 1. The molecule has 190 valence electrons. The molecule has 5 rings (SSSR count). The van der Waals surface area contributed by atoms with Crippen LogP contribution in [0.15, 0.2) is 42.6 Å². The molecule has 0 radical (unpaired) electrons. The Kier molecular flexibility index (Phi) is 6.63. The van der Waals surface area contributed by atoms with E-state index in [0.717, 1.165) is 17.8 Å². The van der Waals surface area contributed by atoms with Crippen molar-refractivity contribution in [3.63, 3.8) is 0 Å². The molecule has 4 heterocycles. The summed E-state index contributed by atoms with van der Waals surface area (Å²) in [6, 6.07) is 8.07. The molecule has 0 spiro atoms. The molecule has 3 aromatic rings. The number of halogens is 4. The van der Waals surface area contributed by atoms with E-state index in [4.69, 9.17) is 20.2 Å². The molecule has 1 aromatic carbocycles. The number of ether oxygens (including phenoxy) is 2. The van der Waals surface area contributed by atoms with E-state index in [1.165, 1.54) is 18.2 Å². The molecule has 36 heavy (non-hydrogen) atoms. The molecule has 2 aliphatic rings. The predicted octanol–water partition coefficient (Wildman–Crippen LogP) is 3.69. The highest BCUT2D eigenvalue weighted by Crippen LogP contribution is 2.39. The lowest BCUT2D eigenvalue weighted by Crippen LogP contribution is -2.41. The smallest absolute Gasteiger partial charge is 0.384 e. The van der Waals surface area contributed by atoms with Gasteiger partial charge >= 0.3 is 6.18 Å². The van der Waals surface area contributed by atoms with Gasteiger partial charge in [0.2, 0.25) is 5.95 Å². The first-order valence-electron chi connectivity index (χ1n) is 11.4. The summed E-state index contributed by atoms with van der Waals surface area (Å²) in [6.45, 7) is 3.06. The van der Waals surface area contributed by atoms with Crippen LogP contribution in [0.4, 0.5) is 35.1 Å². The summed E-state index contributed by atoms with van der Waals surface area (Å²) in [4.78, 5) is 17.0. The highest BCUT2D eigenvalue weighted by atomic mass is 19.4. The zero-order valence-electron chi connectivity index (χ0n) is 19.2. The standard InChI is InChI=1S/C24H24F4N6O2/c25-16-3-1-15(2-4-16)20-14-36-10-7-34(20)22-12-19(31-23(32-22)33-5-8-35-9-6-33)17-13-30-21(29)11-18(17)24(26,27)28/h1-4,11-13,20H,5-10,14H2,(H2,29,30). The highest BCUT2D eigenvalue weighted by Gasteiger charge is 2.36. The van der Waals surface area contributed by atoms with Gasteiger partial charge in [0, 0.05) is 37.5 Å². The van der Waals surface area contributed by atoms with Gasteiger partial charge in [-0.15, -0.1) is 0 Å². The Labute approximate surface area is 204 Å². The molecule has 0 saturated carbocycles. The fourth-order valence-corrected chi connectivity index (χ4v) is 4.36. The SMILES string of the molecule is Nc1cc(C(F)(F)F)c(-c2cc(N3CCOCC3c3ccc(F)cc3)nc(N3CCOCC3)n2)cn1. The molecule has 2 aliphatic heterocycles. The number of hydrogen-bond donors (Lipinski definition) is 1. The summed E-state index contributed by atoms with van der Waals surface area (Å²) in [5, 5.41) is 0. The summed E-state index contributed by atoms with van der Waals surface area (Å²) < 4.78 is 66.4. The summed E-state index contributed by atoms with van der Waals surface area (Å²) in [7, 11) is 0. The van der Waals surface area contributed by atoms with Crippen LogP contribution < -0.4 is 15.5 Å². The van der Waals surface area contributed by atoms with Gasteiger partial charge in [-0.2, -0.15) is 18.2 Å². The number of nitrogens with zero attached hydrogens (tertiary/aromatic N) is 5. The van der Waals surface area contributed by atoms with Crippen molar-refractivity contribution in [3.8, 4) is 11.3 Å². The summed E-state index contributed by atoms with van der Waals surface area (Å²) >= 11 is 0. The van der Waals surface area contributed by atoms with Crippen molar-refractivity contribution in [2.75, 3.05) is 61.6 Å². The topological polar surface area (TPSA) is 89.6 Å². The average Bonchev–Trinajstić information content (AvgIpc) is 2.89. The number of hydrogen-bond acceptors (Lipinski definition) is 8. The van der Waals surface area contributed by atoms with E-state index in [9.17, 15) is 17.6 Å². The molecule has 0 aliphatic carbocycles. The maximum absolute atomic E-state index is 13.9. The number of benzene rings is 1. The zero-order chi connectivity index (χ0) is 25.3. The quantitative estimate of drug-likeness (QED) is 0.539. The lowest BCUT2D eigenvalue weighted by molar-refractivity contribution is -0.137. The third-order valence-electron chi connectivity index (χ3n) is 6.18. The Hall–Kier alpha value is -3.51. The van der Waals surface area contributed by atoms with E-state index in [2.05, 4.69) is 9.97 Å². The van der Waals surface area contributed by atoms with Gasteiger partial charge in [-0.3, -0.25) is 0 Å². The van der Waals surface area contributed by atoms with Crippen molar-refractivity contribution in [3.05, 3.63) is 59.5 Å². The van der Waals surface area contributed by atoms with Gasteiger partial charge in [-0.05, 0) is 23.8 Å². The minimum absolute atomic E-state index is 0.0747. The molecule has 8 nitrogen and oxygen atoms in total. The van der Waals surface area contributed by atoms with E-state index in [1.807, 2.05) is 9.80 Å². The van der Waals surface area contributed by atoms with Crippen LogP contribution in [0, 0.1) is 5.82 Å². The van der Waals surface area contributed by atoms with Crippen molar-refractivity contribution in [1.29, 1.82) is 0 Å². The molecule has 2 fully saturated rings. The molecule has 12 heteroatoms. The molecular formula is C24H24F4N6O2. The maximum atomic E-state index is 13.9. The number of rotatable bonds is 4. The summed E-state index contributed by atoms with van der Waals surface area (Å²) in [5.41, 5.74) is 5.33. The lowest BCUT2D eigenvalue weighted by Gasteiger charge is -2.37. The first kappa shape index (κ1) is 24.2. The number of alkyl halides is 3.